The second-order valence-corrected chi connectivity index (χ2v) is 7.58. The number of carbonyl (C=O) groups is 1. The van der Waals surface area contributed by atoms with Crippen LogP contribution >= 0.6 is 11.8 Å². The number of nitrogens with one attached hydrogen (secondary N) is 1. The summed E-state index contributed by atoms with van der Waals surface area (Å²) >= 11 is 1.66. The Bertz CT molecular complexity index is 723. The number of likely N-dealkylation sites (tertiary alicyclic amines) is 1. The van der Waals surface area contributed by atoms with Crippen LogP contribution in [0.25, 0.3) is 0 Å². The van der Waals surface area contributed by atoms with Gasteiger partial charge in [-0.2, -0.15) is 0 Å². The Morgan fingerprint density at radius 3 is 2.64 bits per heavy atom. The first-order valence-electron chi connectivity index (χ1n) is 8.87. The second-order valence-electron chi connectivity index (χ2n) is 6.73. The number of hydrogen-bond donors (Lipinski definition) is 1. The summed E-state index contributed by atoms with van der Waals surface area (Å²) in [4.78, 5) is 16.2. The molecule has 1 heterocycles. The van der Waals surface area contributed by atoms with Crippen LogP contribution in [0.2, 0.25) is 0 Å². The van der Waals surface area contributed by atoms with Crippen LogP contribution in [0.15, 0.2) is 53.4 Å². The summed E-state index contributed by atoms with van der Waals surface area (Å²) in [7, 11) is 0. The maximum atomic E-state index is 12.6. The van der Waals surface area contributed by atoms with E-state index in [4.69, 9.17) is 0 Å². The monoisotopic (exact) mass is 354 g/mol. The van der Waals surface area contributed by atoms with Crippen molar-refractivity contribution in [2.45, 2.75) is 31.2 Å². The summed E-state index contributed by atoms with van der Waals surface area (Å²) in [5.74, 6) is 0.278. The average molecular weight is 355 g/mol. The second kappa shape index (κ2) is 8.54. The number of amides is 1. The molecule has 3 rings (SSSR count). The van der Waals surface area contributed by atoms with Crippen molar-refractivity contribution in [1.29, 1.82) is 0 Å². The Labute approximate surface area is 154 Å². The van der Waals surface area contributed by atoms with Crippen LogP contribution in [0.3, 0.4) is 0 Å². The number of carbonyl (C=O) groups excluding carboxylic acids is 1. The molecule has 0 aliphatic carbocycles. The number of hydrogen-bond acceptors (Lipinski definition) is 3. The molecule has 2 aromatic carbocycles. The quantitative estimate of drug-likeness (QED) is 0.799. The Balaban J connectivity index is 1.52. The van der Waals surface area contributed by atoms with E-state index in [-0.39, 0.29) is 11.8 Å². The van der Waals surface area contributed by atoms with E-state index in [9.17, 15) is 4.79 Å². The molecule has 1 aliphatic rings. The lowest BCUT2D eigenvalue weighted by molar-refractivity contribution is -0.121. The van der Waals surface area contributed by atoms with E-state index >= 15 is 0 Å². The third-order valence-electron chi connectivity index (χ3n) is 4.81. The average Bonchev–Trinajstić information content (AvgIpc) is 2.63. The lowest BCUT2D eigenvalue weighted by Gasteiger charge is -2.31. The number of piperidine rings is 1. The number of nitrogens with zero attached hydrogens (tertiary/aromatic N) is 1. The van der Waals surface area contributed by atoms with Gasteiger partial charge in [-0.3, -0.25) is 9.69 Å². The van der Waals surface area contributed by atoms with Crippen molar-refractivity contribution in [2.75, 3.05) is 24.7 Å². The number of thioether (sulfide) groups is 1. The van der Waals surface area contributed by atoms with E-state index in [0.29, 0.717) is 0 Å². The van der Waals surface area contributed by atoms with Gasteiger partial charge in [0.2, 0.25) is 5.91 Å². The van der Waals surface area contributed by atoms with Gasteiger partial charge in [0.1, 0.15) is 0 Å². The Morgan fingerprint density at radius 1 is 1.16 bits per heavy atom. The number of para-hydroxylation sites is 1. The highest BCUT2D eigenvalue weighted by molar-refractivity contribution is 7.98. The van der Waals surface area contributed by atoms with Gasteiger partial charge in [0.25, 0.3) is 0 Å². The molecule has 0 bridgehead atoms. The van der Waals surface area contributed by atoms with Gasteiger partial charge in [0.05, 0.1) is 5.69 Å². The first kappa shape index (κ1) is 18.0. The van der Waals surface area contributed by atoms with Crippen LogP contribution in [-0.4, -0.2) is 30.2 Å². The van der Waals surface area contributed by atoms with Crippen LogP contribution < -0.4 is 5.32 Å². The van der Waals surface area contributed by atoms with E-state index in [0.717, 1.165) is 43.1 Å². The zero-order valence-electron chi connectivity index (χ0n) is 15.0. The number of anilines is 1. The highest BCUT2D eigenvalue weighted by atomic mass is 32.2. The van der Waals surface area contributed by atoms with Crippen molar-refractivity contribution in [3.63, 3.8) is 0 Å². The maximum Gasteiger partial charge on any atom is 0.227 e. The van der Waals surface area contributed by atoms with Gasteiger partial charge in [-0.1, -0.05) is 42.0 Å². The van der Waals surface area contributed by atoms with E-state index in [1.165, 1.54) is 11.1 Å². The molecule has 25 heavy (non-hydrogen) atoms. The van der Waals surface area contributed by atoms with Crippen molar-refractivity contribution >= 4 is 23.4 Å². The molecule has 0 spiro atoms. The molecule has 0 saturated carbocycles. The standard InChI is InChI=1S/C21H26N2OS/c1-16-6-5-7-17(14-16)15-23-12-10-18(11-13-23)21(24)22-19-8-3-4-9-20(19)25-2/h3-9,14,18H,10-13,15H2,1-2H3,(H,22,24). The SMILES string of the molecule is CSc1ccccc1NC(=O)C1CCN(Cc2cccc(C)c2)CC1. The van der Waals surface area contributed by atoms with Gasteiger partial charge in [0.15, 0.2) is 0 Å². The first-order valence-corrected chi connectivity index (χ1v) is 10.1. The molecule has 1 amide bonds. The Kier molecular flexibility index (Phi) is 6.16. The van der Waals surface area contributed by atoms with E-state index in [2.05, 4.69) is 41.4 Å². The molecular formula is C21H26N2OS. The van der Waals surface area contributed by atoms with Gasteiger partial charge < -0.3 is 5.32 Å². The molecule has 4 heteroatoms. The topological polar surface area (TPSA) is 32.3 Å². The van der Waals surface area contributed by atoms with Crippen molar-refractivity contribution in [2.24, 2.45) is 5.92 Å². The molecule has 1 fully saturated rings. The summed E-state index contributed by atoms with van der Waals surface area (Å²) < 4.78 is 0. The fourth-order valence-electron chi connectivity index (χ4n) is 3.40. The zero-order chi connectivity index (χ0) is 17.6. The molecule has 1 saturated heterocycles. The van der Waals surface area contributed by atoms with Gasteiger partial charge >= 0.3 is 0 Å². The van der Waals surface area contributed by atoms with Gasteiger partial charge in [-0.15, -0.1) is 11.8 Å². The van der Waals surface area contributed by atoms with Crippen molar-refractivity contribution in [3.05, 3.63) is 59.7 Å². The van der Waals surface area contributed by atoms with Crippen molar-refractivity contribution in [1.82, 2.24) is 4.90 Å². The molecular weight excluding hydrogens is 328 g/mol. The normalized spacial score (nSPS) is 15.9. The summed E-state index contributed by atoms with van der Waals surface area (Å²) in [6.07, 6.45) is 3.90. The molecule has 2 aromatic rings. The number of aryl methyl sites for hydroxylation is 1. The molecule has 0 aromatic heterocycles. The lowest BCUT2D eigenvalue weighted by atomic mass is 9.95. The van der Waals surface area contributed by atoms with E-state index in [1.54, 1.807) is 11.8 Å². The fraction of sp³-hybridized carbons (Fsp3) is 0.381. The highest BCUT2D eigenvalue weighted by Gasteiger charge is 2.25. The van der Waals surface area contributed by atoms with E-state index < -0.39 is 0 Å². The first-order chi connectivity index (χ1) is 12.2. The minimum absolute atomic E-state index is 0.115. The molecule has 3 nitrogen and oxygen atoms in total. The molecule has 0 radical (unpaired) electrons. The van der Waals surface area contributed by atoms with Crippen molar-refractivity contribution in [3.8, 4) is 0 Å². The molecule has 1 aliphatic heterocycles. The fourth-order valence-corrected chi connectivity index (χ4v) is 3.96. The third kappa shape index (κ3) is 4.86. The van der Waals surface area contributed by atoms with Gasteiger partial charge in [0, 0.05) is 17.4 Å². The number of benzene rings is 2. The maximum absolute atomic E-state index is 12.6. The highest BCUT2D eigenvalue weighted by Crippen LogP contribution is 2.27. The Morgan fingerprint density at radius 2 is 1.92 bits per heavy atom. The van der Waals surface area contributed by atoms with Gasteiger partial charge in [-0.05, 0) is 56.8 Å². The summed E-state index contributed by atoms with van der Waals surface area (Å²) in [5, 5.41) is 3.12. The molecule has 132 valence electrons. The van der Waals surface area contributed by atoms with Crippen LogP contribution in [0.4, 0.5) is 5.69 Å². The number of rotatable bonds is 5. The van der Waals surface area contributed by atoms with Crippen LogP contribution in [0, 0.1) is 12.8 Å². The third-order valence-corrected chi connectivity index (χ3v) is 5.61. The van der Waals surface area contributed by atoms with Crippen molar-refractivity contribution < 1.29 is 4.79 Å². The van der Waals surface area contributed by atoms with Crippen LogP contribution in [-0.2, 0) is 11.3 Å². The largest absolute Gasteiger partial charge is 0.325 e. The molecule has 1 N–H and O–H groups in total. The predicted molar refractivity (Wildman–Crippen MR) is 106 cm³/mol. The lowest BCUT2D eigenvalue weighted by Crippen LogP contribution is -2.37. The zero-order valence-corrected chi connectivity index (χ0v) is 15.8. The summed E-state index contributed by atoms with van der Waals surface area (Å²) in [6.45, 7) is 5.07. The minimum Gasteiger partial charge on any atom is -0.325 e. The van der Waals surface area contributed by atoms with Crippen LogP contribution in [0.5, 0.6) is 0 Å². The summed E-state index contributed by atoms with van der Waals surface area (Å²) in [6, 6.07) is 16.7. The predicted octanol–water partition coefficient (Wildman–Crippen LogP) is 4.57. The minimum atomic E-state index is 0.115. The summed E-state index contributed by atoms with van der Waals surface area (Å²) in [5.41, 5.74) is 3.60. The van der Waals surface area contributed by atoms with Crippen LogP contribution in [0.1, 0.15) is 24.0 Å². The molecule has 0 atom stereocenters. The Hall–Kier alpha value is -1.78. The smallest absolute Gasteiger partial charge is 0.227 e. The van der Waals surface area contributed by atoms with Gasteiger partial charge in [-0.25, -0.2) is 0 Å². The molecule has 0 unspecified atom stereocenters. The van der Waals surface area contributed by atoms with E-state index in [1.807, 2.05) is 30.5 Å².